The molecule has 0 spiro atoms. The number of hydrogen-bond acceptors (Lipinski definition) is 5. The maximum atomic E-state index is 11.9. The van der Waals surface area contributed by atoms with E-state index in [0.717, 1.165) is 5.56 Å². The van der Waals surface area contributed by atoms with E-state index in [-0.39, 0.29) is 22.9 Å². The van der Waals surface area contributed by atoms with Crippen molar-refractivity contribution in [3.05, 3.63) is 40.6 Å². The molecule has 0 atom stereocenters. The quantitative estimate of drug-likeness (QED) is 0.586. The molecule has 96 valence electrons. The average molecular weight is 284 g/mol. The van der Waals surface area contributed by atoms with Crippen LogP contribution in [-0.2, 0) is 16.6 Å². The second-order valence-corrected chi connectivity index (χ2v) is 6.22. The van der Waals surface area contributed by atoms with E-state index in [1.165, 1.54) is 29.5 Å². The Labute approximate surface area is 109 Å². The third-order valence-electron chi connectivity index (χ3n) is 2.36. The van der Waals surface area contributed by atoms with Gasteiger partial charge in [0.15, 0.2) is 0 Å². The minimum atomic E-state index is -3.61. The Hall–Kier alpha value is -1.57. The van der Waals surface area contributed by atoms with E-state index in [9.17, 15) is 13.5 Å². The topological polar surface area (TPSA) is 92.4 Å². The zero-order valence-electron chi connectivity index (χ0n) is 9.33. The maximum absolute atomic E-state index is 11.9. The molecule has 1 aromatic carbocycles. The number of nitrogens with one attached hydrogen (secondary N) is 1. The van der Waals surface area contributed by atoms with E-state index in [4.69, 9.17) is 5.73 Å². The Balaban J connectivity index is 2.17. The molecule has 0 aliphatic rings. The summed E-state index contributed by atoms with van der Waals surface area (Å²) in [5, 5.41) is 13.0. The van der Waals surface area contributed by atoms with Gasteiger partial charge in [0.2, 0.25) is 10.0 Å². The number of aromatic hydroxyl groups is 1. The number of rotatable bonds is 4. The standard InChI is InChI=1S/C11H12N2O3S2/c12-10-5-9(1-2-11(10)14)18(15,16)13-6-8-3-4-17-7-8/h1-5,7,13-14H,6,12H2. The highest BCUT2D eigenvalue weighted by Gasteiger charge is 2.15. The highest BCUT2D eigenvalue weighted by molar-refractivity contribution is 7.89. The summed E-state index contributed by atoms with van der Waals surface area (Å²) in [7, 11) is -3.61. The molecular weight excluding hydrogens is 272 g/mol. The molecule has 0 amide bonds. The first kappa shape index (κ1) is 12.9. The third kappa shape index (κ3) is 2.81. The van der Waals surface area contributed by atoms with Gasteiger partial charge < -0.3 is 10.8 Å². The molecular formula is C11H12N2O3S2. The summed E-state index contributed by atoms with van der Waals surface area (Å²) in [5.74, 6) is -0.133. The van der Waals surface area contributed by atoms with Crippen LogP contribution in [0.5, 0.6) is 5.75 Å². The van der Waals surface area contributed by atoms with E-state index in [2.05, 4.69) is 4.72 Å². The number of thiophene rings is 1. The first-order chi connectivity index (χ1) is 8.49. The van der Waals surface area contributed by atoms with Crippen LogP contribution in [0, 0.1) is 0 Å². The first-order valence-corrected chi connectivity index (χ1v) is 7.51. The Kier molecular flexibility index (Phi) is 3.55. The number of phenolic OH excluding ortho intramolecular Hbond substituents is 1. The molecule has 0 unspecified atom stereocenters. The first-order valence-electron chi connectivity index (χ1n) is 5.08. The number of nitrogen functional groups attached to an aromatic ring is 1. The number of hydrogen-bond donors (Lipinski definition) is 3. The molecule has 0 radical (unpaired) electrons. The van der Waals surface area contributed by atoms with Crippen LogP contribution in [0.15, 0.2) is 39.9 Å². The van der Waals surface area contributed by atoms with Gasteiger partial charge in [-0.05, 0) is 40.6 Å². The molecule has 0 saturated heterocycles. The van der Waals surface area contributed by atoms with Gasteiger partial charge >= 0.3 is 0 Å². The number of anilines is 1. The van der Waals surface area contributed by atoms with Crippen molar-refractivity contribution in [1.29, 1.82) is 0 Å². The summed E-state index contributed by atoms with van der Waals surface area (Å²) in [6.07, 6.45) is 0. The summed E-state index contributed by atoms with van der Waals surface area (Å²) >= 11 is 1.50. The van der Waals surface area contributed by atoms with Gasteiger partial charge in [0.25, 0.3) is 0 Å². The number of sulfonamides is 1. The molecule has 0 fully saturated rings. The molecule has 0 aliphatic carbocycles. The molecule has 1 heterocycles. The van der Waals surface area contributed by atoms with E-state index in [0.29, 0.717) is 0 Å². The lowest BCUT2D eigenvalue weighted by atomic mass is 10.3. The molecule has 0 aliphatic heterocycles. The SMILES string of the molecule is Nc1cc(S(=O)(=O)NCc2ccsc2)ccc1O. The minimum Gasteiger partial charge on any atom is -0.506 e. The van der Waals surface area contributed by atoms with Gasteiger partial charge in [0, 0.05) is 6.54 Å². The van der Waals surface area contributed by atoms with Gasteiger partial charge in [0.05, 0.1) is 10.6 Å². The van der Waals surface area contributed by atoms with Crippen LogP contribution in [0.1, 0.15) is 5.56 Å². The summed E-state index contributed by atoms with van der Waals surface area (Å²) < 4.78 is 26.4. The van der Waals surface area contributed by atoms with E-state index < -0.39 is 10.0 Å². The lowest BCUT2D eigenvalue weighted by Gasteiger charge is -2.07. The van der Waals surface area contributed by atoms with Crippen molar-refractivity contribution in [2.75, 3.05) is 5.73 Å². The smallest absolute Gasteiger partial charge is 0.240 e. The van der Waals surface area contributed by atoms with Gasteiger partial charge in [-0.2, -0.15) is 11.3 Å². The van der Waals surface area contributed by atoms with Crippen molar-refractivity contribution in [2.45, 2.75) is 11.4 Å². The molecule has 1 aromatic heterocycles. The predicted molar refractivity (Wildman–Crippen MR) is 70.9 cm³/mol. The van der Waals surface area contributed by atoms with Crippen molar-refractivity contribution in [2.24, 2.45) is 0 Å². The molecule has 5 nitrogen and oxygen atoms in total. The monoisotopic (exact) mass is 284 g/mol. The normalized spacial score (nSPS) is 11.6. The Morgan fingerprint density at radius 1 is 1.33 bits per heavy atom. The van der Waals surface area contributed by atoms with Gasteiger partial charge in [-0.3, -0.25) is 0 Å². The Morgan fingerprint density at radius 3 is 2.72 bits per heavy atom. The predicted octanol–water partition coefficient (Wildman–Crippen LogP) is 1.51. The Morgan fingerprint density at radius 2 is 2.11 bits per heavy atom. The molecule has 4 N–H and O–H groups in total. The second kappa shape index (κ2) is 4.97. The number of nitrogens with two attached hydrogens (primary N) is 1. The largest absolute Gasteiger partial charge is 0.506 e. The van der Waals surface area contributed by atoms with Gasteiger partial charge in [-0.15, -0.1) is 0 Å². The second-order valence-electron chi connectivity index (χ2n) is 3.68. The Bertz CT molecular complexity index is 636. The van der Waals surface area contributed by atoms with Crippen LogP contribution in [0.2, 0.25) is 0 Å². The zero-order valence-corrected chi connectivity index (χ0v) is 11.0. The molecule has 7 heteroatoms. The highest BCUT2D eigenvalue weighted by Crippen LogP contribution is 2.23. The van der Waals surface area contributed by atoms with Crippen LogP contribution in [0.25, 0.3) is 0 Å². The summed E-state index contributed by atoms with van der Waals surface area (Å²) in [5.41, 5.74) is 6.40. The van der Waals surface area contributed by atoms with Crippen LogP contribution in [-0.4, -0.2) is 13.5 Å². The van der Waals surface area contributed by atoms with Crippen molar-refractivity contribution in [1.82, 2.24) is 4.72 Å². The van der Waals surface area contributed by atoms with Gasteiger partial charge in [-0.25, -0.2) is 13.1 Å². The van der Waals surface area contributed by atoms with E-state index in [1.54, 1.807) is 0 Å². The van der Waals surface area contributed by atoms with E-state index >= 15 is 0 Å². The van der Waals surface area contributed by atoms with Gasteiger partial charge in [0.1, 0.15) is 5.75 Å². The fraction of sp³-hybridized carbons (Fsp3) is 0.0909. The molecule has 2 aromatic rings. The third-order valence-corrected chi connectivity index (χ3v) is 4.49. The minimum absolute atomic E-state index is 0.0352. The van der Waals surface area contributed by atoms with Crippen LogP contribution < -0.4 is 10.5 Å². The number of benzene rings is 1. The van der Waals surface area contributed by atoms with E-state index in [1.807, 2.05) is 16.8 Å². The maximum Gasteiger partial charge on any atom is 0.240 e. The lowest BCUT2D eigenvalue weighted by molar-refractivity contribution is 0.477. The van der Waals surface area contributed by atoms with Crippen molar-refractivity contribution in [3.8, 4) is 5.75 Å². The van der Waals surface area contributed by atoms with Crippen molar-refractivity contribution < 1.29 is 13.5 Å². The molecule has 2 rings (SSSR count). The van der Waals surface area contributed by atoms with Crippen LogP contribution >= 0.6 is 11.3 Å². The summed E-state index contributed by atoms with van der Waals surface area (Å²) in [6, 6.07) is 5.64. The van der Waals surface area contributed by atoms with Crippen LogP contribution in [0.3, 0.4) is 0 Å². The fourth-order valence-electron chi connectivity index (χ4n) is 1.35. The average Bonchev–Trinajstić information content (AvgIpc) is 2.83. The fourth-order valence-corrected chi connectivity index (χ4v) is 3.08. The summed E-state index contributed by atoms with van der Waals surface area (Å²) in [6.45, 7) is 0.229. The zero-order chi connectivity index (χ0) is 13.2. The molecule has 0 saturated carbocycles. The van der Waals surface area contributed by atoms with Crippen LogP contribution in [0.4, 0.5) is 5.69 Å². The molecule has 0 bridgehead atoms. The van der Waals surface area contributed by atoms with Gasteiger partial charge in [-0.1, -0.05) is 0 Å². The van der Waals surface area contributed by atoms with Crippen molar-refractivity contribution in [3.63, 3.8) is 0 Å². The highest BCUT2D eigenvalue weighted by atomic mass is 32.2. The van der Waals surface area contributed by atoms with Crippen molar-refractivity contribution >= 4 is 27.0 Å². The number of phenols is 1. The molecule has 18 heavy (non-hydrogen) atoms. The summed E-state index contributed by atoms with van der Waals surface area (Å²) in [4.78, 5) is 0.0352. The lowest BCUT2D eigenvalue weighted by Crippen LogP contribution is -2.23.